The van der Waals surface area contributed by atoms with Gasteiger partial charge in [-0.1, -0.05) is 11.6 Å². The minimum Gasteiger partial charge on any atom is -0.493 e. The van der Waals surface area contributed by atoms with Gasteiger partial charge in [-0.15, -0.1) is 0 Å². The molecule has 1 aliphatic heterocycles. The summed E-state index contributed by atoms with van der Waals surface area (Å²) in [7, 11) is 0. The van der Waals surface area contributed by atoms with Crippen molar-refractivity contribution in [2.45, 2.75) is 20.8 Å². The van der Waals surface area contributed by atoms with E-state index in [2.05, 4.69) is 0 Å². The monoisotopic (exact) mass is 288 g/mol. The second-order valence-corrected chi connectivity index (χ2v) is 4.73. The molecule has 1 aliphatic rings. The molecule has 1 aromatic carbocycles. The predicted octanol–water partition coefficient (Wildman–Crippen LogP) is 1.45. The number of hydrogen-bond acceptors (Lipinski definition) is 4. The van der Waals surface area contributed by atoms with Crippen molar-refractivity contribution >= 4 is 23.9 Å². The van der Waals surface area contributed by atoms with Gasteiger partial charge >= 0.3 is 6.03 Å². The van der Waals surface area contributed by atoms with Gasteiger partial charge in [0.05, 0.1) is 6.61 Å². The number of rotatable bonds is 3. The summed E-state index contributed by atoms with van der Waals surface area (Å²) in [6.45, 7) is 6.13. The van der Waals surface area contributed by atoms with Crippen molar-refractivity contribution in [1.82, 2.24) is 10.6 Å². The Morgan fingerprint density at radius 2 is 1.71 bits per heavy atom. The highest BCUT2D eigenvalue weighted by Gasteiger charge is 2.28. The molecule has 0 atom stereocenters. The lowest BCUT2D eigenvalue weighted by Crippen LogP contribution is -2.51. The van der Waals surface area contributed by atoms with E-state index in [1.807, 2.05) is 43.5 Å². The molecule has 0 unspecified atom stereocenters. The van der Waals surface area contributed by atoms with Crippen molar-refractivity contribution in [3.05, 3.63) is 34.4 Å². The van der Waals surface area contributed by atoms with E-state index in [9.17, 15) is 14.4 Å². The van der Waals surface area contributed by atoms with Crippen LogP contribution in [-0.4, -0.2) is 24.5 Å². The largest absolute Gasteiger partial charge is 0.493 e. The second kappa shape index (κ2) is 5.78. The quantitative estimate of drug-likeness (QED) is 0.651. The summed E-state index contributed by atoms with van der Waals surface area (Å²) in [5.74, 6) is -0.816. The number of urea groups is 1. The molecule has 110 valence electrons. The van der Waals surface area contributed by atoms with Crippen LogP contribution < -0.4 is 15.4 Å². The molecule has 2 rings (SSSR count). The van der Waals surface area contributed by atoms with Crippen molar-refractivity contribution in [3.8, 4) is 5.75 Å². The number of benzene rings is 1. The fraction of sp³-hybridized carbons (Fsp3) is 0.267. The average Bonchev–Trinajstić information content (AvgIpc) is 2.37. The first kappa shape index (κ1) is 14.8. The highest BCUT2D eigenvalue weighted by Crippen LogP contribution is 2.28. The Kier molecular flexibility index (Phi) is 4.07. The van der Waals surface area contributed by atoms with E-state index < -0.39 is 17.8 Å². The molecular weight excluding hydrogens is 272 g/mol. The van der Waals surface area contributed by atoms with Crippen molar-refractivity contribution < 1.29 is 19.1 Å². The lowest BCUT2D eigenvalue weighted by molar-refractivity contribution is -0.123. The minimum absolute atomic E-state index is 0.124. The molecule has 1 heterocycles. The first-order valence-corrected chi connectivity index (χ1v) is 6.54. The van der Waals surface area contributed by atoms with Crippen molar-refractivity contribution in [2.24, 2.45) is 0 Å². The summed E-state index contributed by atoms with van der Waals surface area (Å²) in [6.07, 6.45) is 1.43. The highest BCUT2D eigenvalue weighted by molar-refractivity contribution is 6.31. The molecular formula is C15H16N2O4. The maximum Gasteiger partial charge on any atom is 0.328 e. The number of carbonyl (C=O) groups is 3. The van der Waals surface area contributed by atoms with Gasteiger partial charge in [0, 0.05) is 5.56 Å². The zero-order valence-corrected chi connectivity index (χ0v) is 12.1. The van der Waals surface area contributed by atoms with E-state index in [1.54, 1.807) is 0 Å². The van der Waals surface area contributed by atoms with Crippen LogP contribution in [0.1, 0.15) is 23.6 Å². The van der Waals surface area contributed by atoms with Crippen LogP contribution in [0.15, 0.2) is 17.7 Å². The number of ether oxygens (including phenoxy) is 1. The SMILES string of the molecule is CCOc1c(C)cc(C)cc1C=C1C(=O)NC(=O)NC1=O. The van der Waals surface area contributed by atoms with E-state index >= 15 is 0 Å². The van der Waals surface area contributed by atoms with Gasteiger partial charge < -0.3 is 4.74 Å². The Morgan fingerprint density at radius 1 is 1.10 bits per heavy atom. The zero-order chi connectivity index (χ0) is 15.6. The van der Waals surface area contributed by atoms with Crippen molar-refractivity contribution in [1.29, 1.82) is 0 Å². The van der Waals surface area contributed by atoms with Crippen molar-refractivity contribution in [2.75, 3.05) is 6.61 Å². The predicted molar refractivity (Wildman–Crippen MR) is 76.7 cm³/mol. The van der Waals surface area contributed by atoms with Crippen LogP contribution in [0.2, 0.25) is 0 Å². The molecule has 4 amide bonds. The van der Waals surface area contributed by atoms with Crippen LogP contribution in [0, 0.1) is 13.8 Å². The lowest BCUT2D eigenvalue weighted by atomic mass is 10.0. The van der Waals surface area contributed by atoms with Gasteiger partial charge in [-0.2, -0.15) is 0 Å². The fourth-order valence-corrected chi connectivity index (χ4v) is 2.20. The molecule has 0 bridgehead atoms. The number of imide groups is 2. The number of amides is 4. The van der Waals surface area contributed by atoms with Gasteiger partial charge in [-0.05, 0) is 38.5 Å². The summed E-state index contributed by atoms with van der Waals surface area (Å²) in [4.78, 5) is 34.6. The standard InChI is InChI=1S/C15H16N2O4/c1-4-21-12-9(3)5-8(2)6-10(12)7-11-13(18)16-15(20)17-14(11)19/h5-7H,4H2,1-3H3,(H2,16,17,18,19,20). The third-order valence-electron chi connectivity index (χ3n) is 2.98. The van der Waals surface area contributed by atoms with E-state index in [1.165, 1.54) is 6.08 Å². The molecule has 1 aromatic rings. The topological polar surface area (TPSA) is 84.5 Å². The molecule has 0 radical (unpaired) electrons. The smallest absolute Gasteiger partial charge is 0.328 e. The molecule has 1 saturated heterocycles. The van der Waals surface area contributed by atoms with Gasteiger partial charge in [-0.25, -0.2) is 4.79 Å². The second-order valence-electron chi connectivity index (χ2n) is 4.73. The summed E-state index contributed by atoms with van der Waals surface area (Å²) >= 11 is 0. The molecule has 0 aromatic heterocycles. The van der Waals surface area contributed by atoms with Crippen LogP contribution in [0.5, 0.6) is 5.75 Å². The molecule has 0 aliphatic carbocycles. The summed E-state index contributed by atoms with van der Waals surface area (Å²) in [5, 5.41) is 4.08. The van der Waals surface area contributed by atoms with Gasteiger partial charge in [-0.3, -0.25) is 20.2 Å². The van der Waals surface area contributed by atoms with Gasteiger partial charge in [0.2, 0.25) is 0 Å². The first-order chi connectivity index (χ1) is 9.92. The Bertz CT molecular complexity index is 640. The number of nitrogens with one attached hydrogen (secondary N) is 2. The molecule has 0 saturated carbocycles. The minimum atomic E-state index is -0.812. The summed E-state index contributed by atoms with van der Waals surface area (Å²) in [5.41, 5.74) is 2.40. The van der Waals surface area contributed by atoms with Crippen LogP contribution in [-0.2, 0) is 9.59 Å². The summed E-state index contributed by atoms with van der Waals surface area (Å²) in [6, 6.07) is 2.96. The average molecular weight is 288 g/mol. The van der Waals surface area contributed by atoms with Gasteiger partial charge in [0.25, 0.3) is 11.8 Å². The Balaban J connectivity index is 2.51. The summed E-state index contributed by atoms with van der Waals surface area (Å²) < 4.78 is 5.58. The lowest BCUT2D eigenvalue weighted by Gasteiger charge is -2.16. The Labute approximate surface area is 122 Å². The number of hydrogen-bond donors (Lipinski definition) is 2. The highest BCUT2D eigenvalue weighted by atomic mass is 16.5. The zero-order valence-electron chi connectivity index (χ0n) is 12.1. The molecule has 21 heavy (non-hydrogen) atoms. The fourth-order valence-electron chi connectivity index (χ4n) is 2.20. The van der Waals surface area contributed by atoms with Crippen molar-refractivity contribution in [3.63, 3.8) is 0 Å². The molecule has 6 heteroatoms. The number of aryl methyl sites for hydroxylation is 2. The maximum absolute atomic E-state index is 11.8. The first-order valence-electron chi connectivity index (χ1n) is 6.54. The van der Waals surface area contributed by atoms with Crippen LogP contribution >= 0.6 is 0 Å². The van der Waals surface area contributed by atoms with Crippen LogP contribution in [0.4, 0.5) is 4.79 Å². The third kappa shape index (κ3) is 3.10. The third-order valence-corrected chi connectivity index (χ3v) is 2.98. The molecule has 1 fully saturated rings. The number of barbiturate groups is 1. The van der Waals surface area contributed by atoms with Crippen LogP contribution in [0.25, 0.3) is 6.08 Å². The Morgan fingerprint density at radius 3 is 2.29 bits per heavy atom. The van der Waals surface area contributed by atoms with Crippen LogP contribution in [0.3, 0.4) is 0 Å². The van der Waals surface area contributed by atoms with E-state index in [0.29, 0.717) is 17.9 Å². The molecule has 6 nitrogen and oxygen atoms in total. The molecule has 2 N–H and O–H groups in total. The van der Waals surface area contributed by atoms with Gasteiger partial charge in [0.1, 0.15) is 11.3 Å². The van der Waals surface area contributed by atoms with Gasteiger partial charge in [0.15, 0.2) is 0 Å². The van der Waals surface area contributed by atoms with E-state index in [-0.39, 0.29) is 5.57 Å². The van der Waals surface area contributed by atoms with E-state index in [4.69, 9.17) is 4.74 Å². The normalized spacial score (nSPS) is 14.6. The molecule has 0 spiro atoms. The Hall–Kier alpha value is -2.63. The number of carbonyl (C=O) groups excluding carboxylic acids is 3. The maximum atomic E-state index is 11.8. The van der Waals surface area contributed by atoms with E-state index in [0.717, 1.165) is 11.1 Å².